The molecule has 0 aliphatic carbocycles. The molecule has 2 aromatic rings. The molecule has 34 heavy (non-hydrogen) atoms. The van der Waals surface area contributed by atoms with Crippen molar-refractivity contribution in [2.24, 2.45) is 4.99 Å². The normalized spacial score (nSPS) is 15.9. The third-order valence-corrected chi connectivity index (χ3v) is 5.36. The SMILES string of the molecule is COC(=O)C1=C(CN(CCO)CCO)NC(c2ncc(F)cc2F)=N[C@H]1c1ccc(F)cc1Cl. The fraction of sp³-hybridized carbons (Fsp3) is 0.318. The highest BCUT2D eigenvalue weighted by atomic mass is 35.5. The number of rotatable bonds is 9. The van der Waals surface area contributed by atoms with E-state index < -0.39 is 29.5 Å². The summed E-state index contributed by atoms with van der Waals surface area (Å²) in [5.74, 6) is -3.41. The maximum atomic E-state index is 14.6. The van der Waals surface area contributed by atoms with Crippen LogP contribution in [0.5, 0.6) is 0 Å². The maximum absolute atomic E-state index is 14.6. The number of methoxy groups -OCH3 is 1. The Hall–Kier alpha value is -2.99. The molecule has 2 heterocycles. The highest BCUT2D eigenvalue weighted by Crippen LogP contribution is 2.36. The van der Waals surface area contributed by atoms with Crippen molar-refractivity contribution in [2.75, 3.05) is 40.0 Å². The van der Waals surface area contributed by atoms with E-state index in [2.05, 4.69) is 15.3 Å². The van der Waals surface area contributed by atoms with Gasteiger partial charge in [-0.2, -0.15) is 0 Å². The molecule has 0 radical (unpaired) electrons. The number of esters is 1. The summed E-state index contributed by atoms with van der Waals surface area (Å²) in [6, 6.07) is 3.00. The number of aromatic nitrogens is 1. The van der Waals surface area contributed by atoms with Crippen molar-refractivity contribution < 1.29 is 32.9 Å². The second-order valence-electron chi connectivity index (χ2n) is 7.26. The molecule has 0 unspecified atom stereocenters. The van der Waals surface area contributed by atoms with Gasteiger partial charge in [0.05, 0.1) is 32.1 Å². The Kier molecular flexibility index (Phi) is 8.61. The predicted molar refractivity (Wildman–Crippen MR) is 118 cm³/mol. The van der Waals surface area contributed by atoms with E-state index in [1.54, 1.807) is 4.90 Å². The van der Waals surface area contributed by atoms with Crippen LogP contribution in [0, 0.1) is 17.5 Å². The molecule has 8 nitrogen and oxygen atoms in total. The minimum absolute atomic E-state index is 0.00292. The molecule has 1 aliphatic rings. The third kappa shape index (κ3) is 5.73. The number of pyridine rings is 1. The molecule has 0 saturated heterocycles. The number of amidine groups is 1. The summed E-state index contributed by atoms with van der Waals surface area (Å²) in [4.78, 5) is 22.6. The Balaban J connectivity index is 2.20. The number of aliphatic hydroxyl groups excluding tert-OH is 2. The van der Waals surface area contributed by atoms with Gasteiger partial charge in [-0.05, 0) is 12.1 Å². The van der Waals surface area contributed by atoms with Crippen LogP contribution in [0.3, 0.4) is 0 Å². The molecule has 182 valence electrons. The van der Waals surface area contributed by atoms with Gasteiger partial charge in [0.1, 0.15) is 23.4 Å². The van der Waals surface area contributed by atoms with Crippen LogP contribution in [0.4, 0.5) is 13.2 Å². The quantitative estimate of drug-likeness (QED) is 0.454. The van der Waals surface area contributed by atoms with Gasteiger partial charge < -0.3 is 20.3 Å². The fourth-order valence-electron chi connectivity index (χ4n) is 3.50. The Bertz CT molecular complexity index is 1120. The Morgan fingerprint density at radius 2 is 1.88 bits per heavy atom. The number of aliphatic hydroxyl groups is 2. The van der Waals surface area contributed by atoms with Gasteiger partial charge in [-0.1, -0.05) is 17.7 Å². The van der Waals surface area contributed by atoms with Crippen LogP contribution in [0.2, 0.25) is 5.02 Å². The summed E-state index contributed by atoms with van der Waals surface area (Å²) in [7, 11) is 1.16. The van der Waals surface area contributed by atoms with Crippen LogP contribution in [0.15, 0.2) is 46.7 Å². The summed E-state index contributed by atoms with van der Waals surface area (Å²) < 4.78 is 46.6. The molecule has 1 aromatic heterocycles. The second kappa shape index (κ2) is 11.4. The van der Waals surface area contributed by atoms with E-state index in [9.17, 15) is 28.2 Å². The zero-order valence-corrected chi connectivity index (χ0v) is 18.8. The van der Waals surface area contributed by atoms with Crippen molar-refractivity contribution in [1.82, 2.24) is 15.2 Å². The number of hydrogen-bond acceptors (Lipinski definition) is 8. The molecule has 0 saturated carbocycles. The molecule has 0 spiro atoms. The smallest absolute Gasteiger partial charge is 0.338 e. The van der Waals surface area contributed by atoms with E-state index in [0.29, 0.717) is 6.07 Å². The Morgan fingerprint density at radius 3 is 2.47 bits per heavy atom. The maximum Gasteiger partial charge on any atom is 0.338 e. The molecule has 3 N–H and O–H groups in total. The van der Waals surface area contributed by atoms with Crippen LogP contribution in [-0.4, -0.2) is 71.9 Å². The highest BCUT2D eigenvalue weighted by molar-refractivity contribution is 6.31. The number of carbonyl (C=O) groups excluding carboxylic acids is 1. The average Bonchev–Trinajstić information content (AvgIpc) is 2.78. The zero-order chi connectivity index (χ0) is 24.8. The van der Waals surface area contributed by atoms with Gasteiger partial charge in [-0.25, -0.2) is 22.9 Å². The monoisotopic (exact) mass is 498 g/mol. The number of benzene rings is 1. The molecule has 1 aromatic carbocycles. The van der Waals surface area contributed by atoms with Gasteiger partial charge in [-0.15, -0.1) is 0 Å². The van der Waals surface area contributed by atoms with Crippen molar-refractivity contribution >= 4 is 23.4 Å². The molecule has 12 heteroatoms. The van der Waals surface area contributed by atoms with Crippen LogP contribution >= 0.6 is 11.6 Å². The van der Waals surface area contributed by atoms with E-state index in [-0.39, 0.29) is 66.2 Å². The van der Waals surface area contributed by atoms with Crippen LogP contribution < -0.4 is 5.32 Å². The first-order valence-corrected chi connectivity index (χ1v) is 10.5. The van der Waals surface area contributed by atoms with Gasteiger partial charge >= 0.3 is 5.97 Å². The topological polar surface area (TPSA) is 107 Å². The lowest BCUT2D eigenvalue weighted by molar-refractivity contribution is -0.136. The first-order chi connectivity index (χ1) is 16.3. The van der Waals surface area contributed by atoms with Crippen LogP contribution in [0.1, 0.15) is 17.3 Å². The zero-order valence-electron chi connectivity index (χ0n) is 18.1. The summed E-state index contributed by atoms with van der Waals surface area (Å²) >= 11 is 6.25. The number of aliphatic imine (C=N–C) groups is 1. The van der Waals surface area contributed by atoms with E-state index in [0.717, 1.165) is 25.4 Å². The number of ether oxygens (including phenoxy) is 1. The van der Waals surface area contributed by atoms with E-state index in [1.807, 2.05) is 0 Å². The van der Waals surface area contributed by atoms with Crippen LogP contribution in [0.25, 0.3) is 0 Å². The van der Waals surface area contributed by atoms with E-state index in [1.165, 1.54) is 6.07 Å². The van der Waals surface area contributed by atoms with Crippen molar-refractivity contribution in [3.05, 3.63) is 75.5 Å². The first kappa shape index (κ1) is 25.6. The van der Waals surface area contributed by atoms with Gasteiger partial charge in [0.2, 0.25) is 0 Å². The predicted octanol–water partition coefficient (Wildman–Crippen LogP) is 1.96. The van der Waals surface area contributed by atoms with Gasteiger partial charge in [-0.3, -0.25) is 9.89 Å². The van der Waals surface area contributed by atoms with Gasteiger partial charge in [0, 0.05) is 42.0 Å². The van der Waals surface area contributed by atoms with E-state index in [4.69, 9.17) is 16.3 Å². The lowest BCUT2D eigenvalue weighted by Gasteiger charge is -2.30. The lowest BCUT2D eigenvalue weighted by atomic mass is 9.95. The van der Waals surface area contributed by atoms with Crippen molar-refractivity contribution in [3.63, 3.8) is 0 Å². The van der Waals surface area contributed by atoms with Crippen LogP contribution in [-0.2, 0) is 9.53 Å². The molecule has 0 bridgehead atoms. The van der Waals surface area contributed by atoms with E-state index >= 15 is 0 Å². The number of nitrogens with zero attached hydrogens (tertiary/aromatic N) is 3. The third-order valence-electron chi connectivity index (χ3n) is 5.03. The minimum Gasteiger partial charge on any atom is -0.466 e. The molecule has 1 aliphatic heterocycles. The first-order valence-electron chi connectivity index (χ1n) is 10.2. The number of hydrogen-bond donors (Lipinski definition) is 3. The number of carbonyl (C=O) groups is 1. The standard InChI is InChI=1S/C22H22ClF3N4O4/c1-34-22(33)18-17(11-30(4-6-31)5-7-32)28-21(20-16(26)9-13(25)10-27-20)29-19(18)14-3-2-12(24)8-15(14)23/h2-3,8-10,19,31-32H,4-7,11H2,1H3,(H,28,29)/t19-/m0/s1. The van der Waals surface area contributed by atoms with Gasteiger partial charge in [0.15, 0.2) is 11.7 Å². The second-order valence-corrected chi connectivity index (χ2v) is 7.67. The summed E-state index contributed by atoms with van der Waals surface area (Å²) in [5.41, 5.74) is 0.123. The molecule has 0 fully saturated rings. The average molecular weight is 499 g/mol. The fourth-order valence-corrected chi connectivity index (χ4v) is 3.78. The molecular weight excluding hydrogens is 477 g/mol. The minimum atomic E-state index is -1.15. The number of halogens is 4. The molecule has 0 amide bonds. The molecule has 3 rings (SSSR count). The van der Waals surface area contributed by atoms with Gasteiger partial charge in [0.25, 0.3) is 0 Å². The molecule has 1 atom stereocenters. The van der Waals surface area contributed by atoms with Crippen molar-refractivity contribution in [1.29, 1.82) is 0 Å². The Labute approximate surface area is 198 Å². The Morgan fingerprint density at radius 1 is 1.18 bits per heavy atom. The summed E-state index contributed by atoms with van der Waals surface area (Å²) in [6.45, 7) is -0.176. The summed E-state index contributed by atoms with van der Waals surface area (Å²) in [5, 5.41) is 21.6. The lowest BCUT2D eigenvalue weighted by Crippen LogP contribution is -2.41. The highest BCUT2D eigenvalue weighted by Gasteiger charge is 2.34. The molecular formula is C22H22ClF3N4O4. The van der Waals surface area contributed by atoms with Crippen molar-refractivity contribution in [3.8, 4) is 0 Å². The largest absolute Gasteiger partial charge is 0.466 e. The summed E-state index contributed by atoms with van der Waals surface area (Å²) in [6.07, 6.45) is 0.811. The number of nitrogens with one attached hydrogen (secondary N) is 1. The van der Waals surface area contributed by atoms with Crippen molar-refractivity contribution in [2.45, 2.75) is 6.04 Å².